The molecule has 0 unspecified atom stereocenters. The molecule has 0 fully saturated rings. The van der Waals surface area contributed by atoms with E-state index >= 15 is 0 Å². The van der Waals surface area contributed by atoms with Crippen molar-refractivity contribution in [1.29, 1.82) is 0 Å². The number of hydrogen-bond acceptors (Lipinski definition) is 3. The van der Waals surface area contributed by atoms with Crippen LogP contribution in [0, 0.1) is 20.8 Å². The molecule has 0 bridgehead atoms. The predicted octanol–water partition coefficient (Wildman–Crippen LogP) is 3.78. The largest absolute Gasteiger partial charge is 0.478 e. The van der Waals surface area contributed by atoms with Crippen molar-refractivity contribution in [3.8, 4) is 0 Å². The van der Waals surface area contributed by atoms with Gasteiger partial charge in [0, 0.05) is 0 Å². The molecule has 0 saturated carbocycles. The van der Waals surface area contributed by atoms with E-state index in [0.29, 0.717) is 11.1 Å². The van der Waals surface area contributed by atoms with Gasteiger partial charge in [-0.15, -0.1) is 0 Å². The number of carboxylic acids is 1. The van der Waals surface area contributed by atoms with E-state index in [4.69, 9.17) is 5.11 Å². The van der Waals surface area contributed by atoms with E-state index in [-0.39, 0.29) is 5.97 Å². The second-order valence-electron chi connectivity index (χ2n) is 4.91. The normalized spacial score (nSPS) is 9.45. The molecular formula is C18H20O4. The number of rotatable bonds is 2. The average molecular weight is 300 g/mol. The van der Waals surface area contributed by atoms with Crippen LogP contribution >= 0.6 is 0 Å². The van der Waals surface area contributed by atoms with Gasteiger partial charge in [-0.25, -0.2) is 9.59 Å². The highest BCUT2D eigenvalue weighted by molar-refractivity contribution is 5.90. The lowest BCUT2D eigenvalue weighted by Gasteiger charge is -2.02. The van der Waals surface area contributed by atoms with Crippen molar-refractivity contribution in [3.63, 3.8) is 0 Å². The number of aromatic carboxylic acids is 1. The standard InChI is InChI=1S/2C9H10O2/c1-7-4-3-5-8(6-7)9(10)11-2;1-6-4-3-5-8(7(6)2)9(10)11/h3-6H,1-2H3;3-5H,1-2H3,(H,10,11). The molecule has 4 nitrogen and oxygen atoms in total. The average Bonchev–Trinajstić information content (AvgIpc) is 2.49. The summed E-state index contributed by atoms with van der Waals surface area (Å²) in [5.41, 5.74) is 3.93. The minimum atomic E-state index is -0.855. The summed E-state index contributed by atoms with van der Waals surface area (Å²) < 4.78 is 4.55. The number of esters is 1. The maximum absolute atomic E-state index is 10.9. The molecule has 22 heavy (non-hydrogen) atoms. The molecule has 0 radical (unpaired) electrons. The summed E-state index contributed by atoms with van der Waals surface area (Å²) in [5, 5.41) is 8.69. The summed E-state index contributed by atoms with van der Waals surface area (Å²) in [4.78, 5) is 21.5. The number of methoxy groups -OCH3 is 1. The van der Waals surface area contributed by atoms with Crippen molar-refractivity contribution in [2.24, 2.45) is 0 Å². The molecule has 2 aromatic rings. The fourth-order valence-electron chi connectivity index (χ4n) is 1.87. The fraction of sp³-hybridized carbons (Fsp3) is 0.222. The smallest absolute Gasteiger partial charge is 0.337 e. The Balaban J connectivity index is 0.000000220. The van der Waals surface area contributed by atoms with E-state index in [1.807, 2.05) is 39.0 Å². The quantitative estimate of drug-likeness (QED) is 0.857. The maximum Gasteiger partial charge on any atom is 0.337 e. The molecule has 4 heteroatoms. The van der Waals surface area contributed by atoms with Crippen molar-refractivity contribution in [3.05, 3.63) is 70.3 Å². The highest BCUT2D eigenvalue weighted by Gasteiger charge is 2.06. The Bertz CT molecular complexity index is 675. The van der Waals surface area contributed by atoms with Crippen LogP contribution < -0.4 is 0 Å². The van der Waals surface area contributed by atoms with Crippen LogP contribution in [-0.4, -0.2) is 24.2 Å². The van der Waals surface area contributed by atoms with Gasteiger partial charge < -0.3 is 9.84 Å². The minimum absolute atomic E-state index is 0.284. The minimum Gasteiger partial charge on any atom is -0.478 e. The van der Waals surface area contributed by atoms with Crippen LogP contribution in [0.1, 0.15) is 37.4 Å². The Morgan fingerprint density at radius 2 is 1.64 bits per heavy atom. The number of carbonyl (C=O) groups excluding carboxylic acids is 1. The first-order valence-electron chi connectivity index (χ1n) is 6.81. The Morgan fingerprint density at radius 3 is 2.14 bits per heavy atom. The Morgan fingerprint density at radius 1 is 1.00 bits per heavy atom. The van der Waals surface area contributed by atoms with E-state index in [1.54, 1.807) is 24.3 Å². The zero-order valence-corrected chi connectivity index (χ0v) is 13.2. The van der Waals surface area contributed by atoms with Gasteiger partial charge in [0.1, 0.15) is 0 Å². The third kappa shape index (κ3) is 4.74. The monoisotopic (exact) mass is 300 g/mol. The third-order valence-electron chi connectivity index (χ3n) is 3.27. The lowest BCUT2D eigenvalue weighted by Crippen LogP contribution is -2.00. The number of hydrogen-bond donors (Lipinski definition) is 1. The van der Waals surface area contributed by atoms with Crippen LogP contribution in [0.2, 0.25) is 0 Å². The first-order valence-corrected chi connectivity index (χ1v) is 6.81. The van der Waals surface area contributed by atoms with Crippen molar-refractivity contribution in [2.75, 3.05) is 7.11 Å². The van der Waals surface area contributed by atoms with Gasteiger partial charge in [0.15, 0.2) is 0 Å². The lowest BCUT2D eigenvalue weighted by atomic mass is 10.0. The van der Waals surface area contributed by atoms with Crippen LogP contribution in [0.4, 0.5) is 0 Å². The summed E-state index contributed by atoms with van der Waals surface area (Å²) in [5.74, 6) is -1.14. The molecule has 0 heterocycles. The van der Waals surface area contributed by atoms with Crippen molar-refractivity contribution in [1.82, 2.24) is 0 Å². The zero-order chi connectivity index (χ0) is 16.7. The summed E-state index contributed by atoms with van der Waals surface area (Å²) in [6, 6.07) is 12.6. The molecule has 0 atom stereocenters. The lowest BCUT2D eigenvalue weighted by molar-refractivity contribution is 0.0599. The van der Waals surface area contributed by atoms with Gasteiger partial charge in [-0.05, 0) is 50.1 Å². The van der Waals surface area contributed by atoms with E-state index in [2.05, 4.69) is 4.74 Å². The van der Waals surface area contributed by atoms with Crippen LogP contribution in [0.25, 0.3) is 0 Å². The first-order chi connectivity index (χ1) is 10.4. The molecule has 2 rings (SSSR count). The van der Waals surface area contributed by atoms with Crippen LogP contribution in [0.3, 0.4) is 0 Å². The summed E-state index contributed by atoms with van der Waals surface area (Å²) in [6.45, 7) is 5.66. The number of benzene rings is 2. The Kier molecular flexibility index (Phi) is 6.32. The number of ether oxygens (including phenoxy) is 1. The van der Waals surface area contributed by atoms with E-state index in [0.717, 1.165) is 16.7 Å². The van der Waals surface area contributed by atoms with Gasteiger partial charge in [0.25, 0.3) is 0 Å². The third-order valence-corrected chi connectivity index (χ3v) is 3.27. The molecule has 0 amide bonds. The van der Waals surface area contributed by atoms with Crippen LogP contribution in [-0.2, 0) is 4.74 Å². The highest BCUT2D eigenvalue weighted by atomic mass is 16.5. The van der Waals surface area contributed by atoms with Crippen molar-refractivity contribution < 1.29 is 19.4 Å². The van der Waals surface area contributed by atoms with Gasteiger partial charge in [-0.1, -0.05) is 29.8 Å². The van der Waals surface area contributed by atoms with E-state index < -0.39 is 5.97 Å². The molecule has 1 N–H and O–H groups in total. The van der Waals surface area contributed by atoms with Crippen molar-refractivity contribution >= 4 is 11.9 Å². The highest BCUT2D eigenvalue weighted by Crippen LogP contribution is 2.11. The molecule has 0 aliphatic rings. The second kappa shape index (κ2) is 7.98. The molecule has 2 aromatic carbocycles. The van der Waals surface area contributed by atoms with Crippen LogP contribution in [0.15, 0.2) is 42.5 Å². The Hall–Kier alpha value is -2.62. The Labute approximate surface area is 130 Å². The number of carbonyl (C=O) groups is 2. The van der Waals surface area contributed by atoms with E-state index in [1.165, 1.54) is 7.11 Å². The van der Waals surface area contributed by atoms with E-state index in [9.17, 15) is 9.59 Å². The maximum atomic E-state index is 10.9. The molecule has 0 aliphatic carbocycles. The van der Waals surface area contributed by atoms with Crippen molar-refractivity contribution in [2.45, 2.75) is 20.8 Å². The number of carboxylic acid groups (broad SMARTS) is 1. The molecule has 0 aromatic heterocycles. The van der Waals surface area contributed by atoms with Crippen LogP contribution in [0.5, 0.6) is 0 Å². The molecule has 0 spiro atoms. The molecule has 0 aliphatic heterocycles. The van der Waals surface area contributed by atoms with Gasteiger partial charge in [0.2, 0.25) is 0 Å². The van der Waals surface area contributed by atoms with Gasteiger partial charge in [-0.2, -0.15) is 0 Å². The second-order valence-corrected chi connectivity index (χ2v) is 4.91. The van der Waals surface area contributed by atoms with Gasteiger partial charge >= 0.3 is 11.9 Å². The summed E-state index contributed by atoms with van der Waals surface area (Å²) >= 11 is 0. The summed E-state index contributed by atoms with van der Waals surface area (Å²) in [6.07, 6.45) is 0. The van der Waals surface area contributed by atoms with Gasteiger partial charge in [0.05, 0.1) is 18.2 Å². The fourth-order valence-corrected chi connectivity index (χ4v) is 1.87. The number of aryl methyl sites for hydroxylation is 2. The zero-order valence-electron chi connectivity index (χ0n) is 13.2. The molecule has 0 saturated heterocycles. The molecule has 116 valence electrons. The first kappa shape index (κ1) is 17.4. The van der Waals surface area contributed by atoms with Gasteiger partial charge in [-0.3, -0.25) is 0 Å². The SMILES string of the molecule is COC(=O)c1cccc(C)c1.Cc1cccc(C(=O)O)c1C. The predicted molar refractivity (Wildman–Crippen MR) is 85.4 cm³/mol. The summed E-state index contributed by atoms with van der Waals surface area (Å²) in [7, 11) is 1.38. The molecular weight excluding hydrogens is 280 g/mol. The topological polar surface area (TPSA) is 63.6 Å².